The number of aromatic nitrogens is 3. The topological polar surface area (TPSA) is 47.1 Å². The van der Waals surface area contributed by atoms with Gasteiger partial charge in [-0.25, -0.2) is 4.98 Å². The van der Waals surface area contributed by atoms with E-state index in [1.54, 1.807) is 0 Å². The minimum Gasteiger partial charge on any atom is -0.361 e. The highest BCUT2D eigenvalue weighted by Gasteiger charge is 2.27. The van der Waals surface area contributed by atoms with Crippen LogP contribution in [0.3, 0.4) is 0 Å². The zero-order chi connectivity index (χ0) is 14.7. The van der Waals surface area contributed by atoms with Gasteiger partial charge in [0, 0.05) is 25.0 Å². The summed E-state index contributed by atoms with van der Waals surface area (Å²) in [5, 5.41) is 4.23. The summed E-state index contributed by atoms with van der Waals surface area (Å²) in [4.78, 5) is 7.03. The van der Waals surface area contributed by atoms with E-state index in [1.807, 2.05) is 13.1 Å². The lowest BCUT2D eigenvalue weighted by Gasteiger charge is -2.34. The fourth-order valence-corrected chi connectivity index (χ4v) is 3.18. The molecule has 0 bridgehead atoms. The number of imidazole rings is 1. The molecule has 0 spiro atoms. The highest BCUT2D eigenvalue weighted by molar-refractivity contribution is 5.10. The predicted molar refractivity (Wildman–Crippen MR) is 80.8 cm³/mol. The fraction of sp³-hybridized carbons (Fsp3) is 0.625. The van der Waals surface area contributed by atoms with E-state index in [-0.39, 0.29) is 0 Å². The Morgan fingerprint density at radius 1 is 1.38 bits per heavy atom. The highest BCUT2D eigenvalue weighted by Crippen LogP contribution is 2.31. The molecule has 3 heterocycles. The van der Waals surface area contributed by atoms with E-state index in [9.17, 15) is 0 Å². The van der Waals surface area contributed by atoms with Crippen molar-refractivity contribution in [2.45, 2.75) is 58.7 Å². The molecule has 1 fully saturated rings. The van der Waals surface area contributed by atoms with Crippen molar-refractivity contribution in [1.82, 2.24) is 19.6 Å². The van der Waals surface area contributed by atoms with Crippen LogP contribution in [-0.4, -0.2) is 26.2 Å². The van der Waals surface area contributed by atoms with Gasteiger partial charge in [0.15, 0.2) is 0 Å². The third-order valence-electron chi connectivity index (χ3n) is 4.21. The minimum atomic E-state index is 0.364. The molecule has 114 valence electrons. The van der Waals surface area contributed by atoms with E-state index in [1.165, 1.54) is 12.8 Å². The molecule has 3 rings (SSSR count). The van der Waals surface area contributed by atoms with Crippen LogP contribution in [-0.2, 0) is 13.1 Å². The maximum atomic E-state index is 5.27. The Balaban J connectivity index is 1.76. The molecular weight excluding hydrogens is 264 g/mol. The molecule has 5 nitrogen and oxygen atoms in total. The van der Waals surface area contributed by atoms with E-state index in [4.69, 9.17) is 4.52 Å². The lowest BCUT2D eigenvalue weighted by Crippen LogP contribution is -2.34. The lowest BCUT2D eigenvalue weighted by molar-refractivity contribution is 0.129. The number of nitrogens with zero attached hydrogens (tertiary/aromatic N) is 4. The van der Waals surface area contributed by atoms with E-state index in [2.05, 4.69) is 38.8 Å². The number of piperidine rings is 1. The van der Waals surface area contributed by atoms with E-state index >= 15 is 0 Å². The Hall–Kier alpha value is -1.62. The number of likely N-dealkylation sites (tertiary alicyclic amines) is 1. The Kier molecular flexibility index (Phi) is 4.39. The average molecular weight is 288 g/mol. The highest BCUT2D eigenvalue weighted by atomic mass is 16.5. The maximum Gasteiger partial charge on any atom is 0.133 e. The molecule has 0 saturated carbocycles. The second kappa shape index (κ2) is 6.43. The van der Waals surface area contributed by atoms with Crippen LogP contribution in [0, 0.1) is 6.92 Å². The summed E-state index contributed by atoms with van der Waals surface area (Å²) >= 11 is 0. The van der Waals surface area contributed by atoms with Crippen molar-refractivity contribution < 1.29 is 4.52 Å². The van der Waals surface area contributed by atoms with Crippen molar-refractivity contribution >= 4 is 0 Å². The number of hydrogen-bond acceptors (Lipinski definition) is 4. The zero-order valence-corrected chi connectivity index (χ0v) is 13.0. The SMILES string of the molecule is CCCn1ccnc1CN1CCCC[C@@H]1c1cc(C)on1. The fourth-order valence-electron chi connectivity index (χ4n) is 3.18. The van der Waals surface area contributed by atoms with Gasteiger partial charge < -0.3 is 9.09 Å². The molecular formula is C16H24N4O. The van der Waals surface area contributed by atoms with Crippen molar-refractivity contribution in [2.24, 2.45) is 0 Å². The average Bonchev–Trinajstić information content (AvgIpc) is 3.10. The maximum absolute atomic E-state index is 5.27. The van der Waals surface area contributed by atoms with Crippen LogP contribution in [0.2, 0.25) is 0 Å². The molecule has 0 amide bonds. The summed E-state index contributed by atoms with van der Waals surface area (Å²) < 4.78 is 7.53. The molecule has 0 aliphatic carbocycles. The Morgan fingerprint density at radius 3 is 3.05 bits per heavy atom. The Bertz CT molecular complexity index is 574. The monoisotopic (exact) mass is 288 g/mol. The van der Waals surface area contributed by atoms with Gasteiger partial charge in [0.05, 0.1) is 12.6 Å². The molecule has 0 unspecified atom stereocenters. The number of aryl methyl sites for hydroxylation is 2. The van der Waals surface area contributed by atoms with Crippen LogP contribution in [0.15, 0.2) is 23.0 Å². The summed E-state index contributed by atoms with van der Waals surface area (Å²) in [5.41, 5.74) is 1.07. The van der Waals surface area contributed by atoms with Crippen molar-refractivity contribution in [2.75, 3.05) is 6.54 Å². The normalized spacial score (nSPS) is 20.0. The molecule has 1 aliphatic rings. The predicted octanol–water partition coefficient (Wildman–Crippen LogP) is 3.32. The molecule has 1 saturated heterocycles. The van der Waals surface area contributed by atoms with Crippen LogP contribution in [0.4, 0.5) is 0 Å². The first-order valence-corrected chi connectivity index (χ1v) is 7.95. The molecule has 1 atom stereocenters. The molecule has 2 aromatic rings. The minimum absolute atomic E-state index is 0.364. The first kappa shape index (κ1) is 14.3. The standard InChI is InChI=1S/C16H24N4O/c1-3-8-19-10-7-17-16(19)12-20-9-5-4-6-15(20)14-11-13(2)21-18-14/h7,10-11,15H,3-6,8-9,12H2,1-2H3/t15-/m1/s1. The largest absolute Gasteiger partial charge is 0.361 e. The number of hydrogen-bond donors (Lipinski definition) is 0. The lowest BCUT2D eigenvalue weighted by atomic mass is 9.99. The van der Waals surface area contributed by atoms with Crippen molar-refractivity contribution in [1.29, 1.82) is 0 Å². The summed E-state index contributed by atoms with van der Waals surface area (Å²) in [6.45, 7) is 7.19. The van der Waals surface area contributed by atoms with Gasteiger partial charge in [-0.2, -0.15) is 0 Å². The third kappa shape index (κ3) is 3.18. The summed E-state index contributed by atoms with van der Waals surface area (Å²) in [6.07, 6.45) is 8.79. The van der Waals surface area contributed by atoms with E-state index in [0.717, 1.165) is 49.8 Å². The first-order valence-electron chi connectivity index (χ1n) is 7.95. The van der Waals surface area contributed by atoms with E-state index < -0.39 is 0 Å². The molecule has 0 radical (unpaired) electrons. The molecule has 2 aromatic heterocycles. The van der Waals surface area contributed by atoms with Crippen LogP contribution in [0.1, 0.15) is 55.9 Å². The van der Waals surface area contributed by atoms with Crippen molar-refractivity contribution in [3.8, 4) is 0 Å². The quantitative estimate of drug-likeness (QED) is 0.847. The van der Waals surface area contributed by atoms with Crippen LogP contribution < -0.4 is 0 Å². The summed E-state index contributed by atoms with van der Waals surface area (Å²) in [6, 6.07) is 2.43. The molecule has 5 heteroatoms. The van der Waals surface area contributed by atoms with Gasteiger partial charge in [-0.3, -0.25) is 4.90 Å². The first-order chi connectivity index (χ1) is 10.3. The van der Waals surface area contributed by atoms with Gasteiger partial charge in [0.2, 0.25) is 0 Å². The second-order valence-corrected chi connectivity index (χ2v) is 5.88. The third-order valence-corrected chi connectivity index (χ3v) is 4.21. The Morgan fingerprint density at radius 2 is 2.29 bits per heavy atom. The smallest absolute Gasteiger partial charge is 0.133 e. The van der Waals surface area contributed by atoms with Gasteiger partial charge in [-0.1, -0.05) is 18.5 Å². The van der Waals surface area contributed by atoms with Gasteiger partial charge in [-0.15, -0.1) is 0 Å². The van der Waals surface area contributed by atoms with Crippen LogP contribution >= 0.6 is 0 Å². The Labute approximate surface area is 125 Å². The zero-order valence-electron chi connectivity index (χ0n) is 13.0. The summed E-state index contributed by atoms with van der Waals surface area (Å²) in [7, 11) is 0. The molecule has 0 aromatic carbocycles. The van der Waals surface area contributed by atoms with Crippen LogP contribution in [0.5, 0.6) is 0 Å². The van der Waals surface area contributed by atoms with E-state index in [0.29, 0.717) is 6.04 Å². The number of rotatable bonds is 5. The summed E-state index contributed by atoms with van der Waals surface area (Å²) in [5.74, 6) is 2.05. The molecule has 21 heavy (non-hydrogen) atoms. The van der Waals surface area contributed by atoms with Gasteiger partial charge in [-0.05, 0) is 32.7 Å². The van der Waals surface area contributed by atoms with Crippen molar-refractivity contribution in [3.63, 3.8) is 0 Å². The van der Waals surface area contributed by atoms with Gasteiger partial charge in [0.25, 0.3) is 0 Å². The van der Waals surface area contributed by atoms with Crippen LogP contribution in [0.25, 0.3) is 0 Å². The van der Waals surface area contributed by atoms with Gasteiger partial charge in [0.1, 0.15) is 17.3 Å². The molecule has 1 aliphatic heterocycles. The van der Waals surface area contributed by atoms with Crippen molar-refractivity contribution in [3.05, 3.63) is 35.7 Å². The second-order valence-electron chi connectivity index (χ2n) is 5.88. The van der Waals surface area contributed by atoms with Gasteiger partial charge >= 0.3 is 0 Å². The molecule has 0 N–H and O–H groups in total.